The minimum absolute atomic E-state index is 0.257. The number of imidazole rings is 1. The van der Waals surface area contributed by atoms with Crippen LogP contribution in [0.5, 0.6) is 0 Å². The number of ether oxygens (including phenoxy) is 1. The number of hydrogen-bond acceptors (Lipinski definition) is 7. The van der Waals surface area contributed by atoms with Gasteiger partial charge in [-0.25, -0.2) is 15.0 Å². The summed E-state index contributed by atoms with van der Waals surface area (Å²) < 4.78 is 18.1. The van der Waals surface area contributed by atoms with Crippen LogP contribution in [0.1, 0.15) is 13.3 Å². The van der Waals surface area contributed by atoms with Crippen molar-refractivity contribution in [2.24, 2.45) is 0 Å². The van der Waals surface area contributed by atoms with Gasteiger partial charge in [-0.1, -0.05) is 6.92 Å². The van der Waals surface area contributed by atoms with Gasteiger partial charge in [0.05, 0.1) is 12.9 Å². The maximum Gasteiger partial charge on any atom is 0.351 e. The number of rotatable bonds is 7. The van der Waals surface area contributed by atoms with Crippen LogP contribution in [-0.4, -0.2) is 47.4 Å². The molecule has 9 nitrogen and oxygen atoms in total. The van der Waals surface area contributed by atoms with Gasteiger partial charge in [-0.3, -0.25) is 9.13 Å². The molecule has 0 aromatic carbocycles. The van der Waals surface area contributed by atoms with Crippen LogP contribution in [0.3, 0.4) is 0 Å². The number of aliphatic hydroxyl groups is 1. The summed E-state index contributed by atoms with van der Waals surface area (Å²) in [7, 11) is -4.40. The molecule has 0 amide bonds. The van der Waals surface area contributed by atoms with Crippen LogP contribution in [0.2, 0.25) is 0 Å². The number of hydrogen-bond donors (Lipinski definition) is 3. The molecular formula is C14H17N4O5PS. The zero-order valence-electron chi connectivity index (χ0n) is 13.3. The number of fused-ring (bicyclic) bond motifs is 1. The highest BCUT2D eigenvalue weighted by Crippen LogP contribution is 2.38. The monoisotopic (exact) mass is 384 g/mol. The Balaban J connectivity index is 2.10. The molecule has 3 rings (SSSR count). The Hall–Kier alpha value is -1.68. The molecule has 3 aromatic rings. The highest BCUT2D eigenvalue weighted by Gasteiger charge is 2.35. The average Bonchev–Trinajstić information content (AvgIpc) is 3.25. The molecule has 0 saturated carbocycles. The summed E-state index contributed by atoms with van der Waals surface area (Å²) in [6.07, 6.45) is 2.26. The van der Waals surface area contributed by atoms with Crippen molar-refractivity contribution < 1.29 is 24.2 Å². The second-order valence-corrected chi connectivity index (χ2v) is 7.78. The van der Waals surface area contributed by atoms with E-state index < -0.39 is 26.3 Å². The van der Waals surface area contributed by atoms with Gasteiger partial charge in [0.1, 0.15) is 17.5 Å². The number of aliphatic hydroxyl groups excluding tert-OH is 1. The topological polar surface area (TPSA) is 131 Å². The predicted octanol–water partition coefficient (Wildman–Crippen LogP) is 1.76. The normalized spacial score (nSPS) is 14.7. The smallest absolute Gasteiger partial charge is 0.351 e. The molecule has 0 bridgehead atoms. The molecule has 134 valence electrons. The maximum atomic E-state index is 11.2. The molecule has 3 heterocycles. The number of aromatic nitrogens is 4. The van der Waals surface area contributed by atoms with E-state index in [4.69, 9.17) is 14.5 Å². The summed E-state index contributed by atoms with van der Waals surface area (Å²) in [6, 6.07) is 1.91. The van der Waals surface area contributed by atoms with Gasteiger partial charge < -0.3 is 19.6 Å². The molecular weight excluding hydrogens is 367 g/mol. The Morgan fingerprint density at radius 3 is 2.76 bits per heavy atom. The Morgan fingerprint density at radius 1 is 1.36 bits per heavy atom. The second kappa shape index (κ2) is 6.91. The van der Waals surface area contributed by atoms with E-state index >= 15 is 0 Å². The van der Waals surface area contributed by atoms with Gasteiger partial charge in [0.25, 0.3) is 0 Å². The molecule has 11 heteroatoms. The Labute approximate surface area is 147 Å². The molecule has 1 atom stereocenters. The van der Waals surface area contributed by atoms with Crippen LogP contribution in [0.4, 0.5) is 0 Å². The first-order chi connectivity index (χ1) is 11.9. The van der Waals surface area contributed by atoms with Crippen molar-refractivity contribution in [1.82, 2.24) is 19.5 Å². The van der Waals surface area contributed by atoms with E-state index in [0.717, 1.165) is 5.56 Å². The largest absolute Gasteiger partial charge is 0.391 e. The van der Waals surface area contributed by atoms with Gasteiger partial charge in [0.15, 0.2) is 17.7 Å². The maximum absolute atomic E-state index is 11.2. The molecule has 3 aromatic heterocycles. The zero-order chi connectivity index (χ0) is 18.1. The summed E-state index contributed by atoms with van der Waals surface area (Å²) >= 11 is 1.53. The van der Waals surface area contributed by atoms with E-state index in [1.54, 1.807) is 6.92 Å². The first-order valence-electron chi connectivity index (χ1n) is 7.40. The van der Waals surface area contributed by atoms with Crippen LogP contribution in [0, 0.1) is 0 Å². The predicted molar refractivity (Wildman–Crippen MR) is 92.0 cm³/mol. The average molecular weight is 384 g/mol. The molecule has 0 spiro atoms. The van der Waals surface area contributed by atoms with Crippen molar-refractivity contribution in [3.63, 3.8) is 0 Å². The third-order valence-corrected chi connectivity index (χ3v) is 5.02. The highest BCUT2D eigenvalue weighted by atomic mass is 32.1. The quantitative estimate of drug-likeness (QED) is 0.525. The fraction of sp³-hybridized carbons (Fsp3) is 0.357. The second-order valence-electron chi connectivity index (χ2n) is 5.42. The zero-order valence-corrected chi connectivity index (χ0v) is 15.0. The lowest BCUT2D eigenvalue weighted by molar-refractivity contribution is -0.125. The molecule has 0 aliphatic carbocycles. The molecule has 0 fully saturated rings. The van der Waals surface area contributed by atoms with Crippen molar-refractivity contribution in [3.8, 4) is 11.3 Å². The molecule has 0 saturated heterocycles. The summed E-state index contributed by atoms with van der Waals surface area (Å²) in [5, 5.41) is 13.7. The summed E-state index contributed by atoms with van der Waals surface area (Å²) in [5.74, 6) is 0. The summed E-state index contributed by atoms with van der Waals surface area (Å²) in [5.41, 5.74) is 1.09. The molecule has 3 N–H and O–H groups in total. The first kappa shape index (κ1) is 18.1. The lowest BCUT2D eigenvalue weighted by Crippen LogP contribution is -2.40. The van der Waals surface area contributed by atoms with E-state index in [9.17, 15) is 9.67 Å². The van der Waals surface area contributed by atoms with Crippen molar-refractivity contribution in [1.29, 1.82) is 0 Å². The third kappa shape index (κ3) is 3.50. The van der Waals surface area contributed by atoms with Gasteiger partial charge in [0, 0.05) is 10.9 Å². The SMILES string of the molecule is CCC(CO)(OCP(=O)(O)O)n1cnc2c(-c3ccsc3)ncnc21. The van der Waals surface area contributed by atoms with E-state index in [1.807, 2.05) is 16.8 Å². The van der Waals surface area contributed by atoms with Gasteiger partial charge in [0.2, 0.25) is 0 Å². The number of thiophene rings is 1. The number of nitrogens with zero attached hydrogens (tertiary/aromatic N) is 4. The molecule has 25 heavy (non-hydrogen) atoms. The molecule has 0 radical (unpaired) electrons. The lowest BCUT2D eigenvalue weighted by Gasteiger charge is -2.32. The fourth-order valence-electron chi connectivity index (χ4n) is 2.52. The standard InChI is InChI=1S/C14H17N4O5PS/c1-2-14(6-19,23-9-24(20,21)22)18-8-17-12-11(10-3-4-25-5-10)15-7-16-13(12)18/h3-5,7-8,19H,2,6,9H2,1H3,(H2,20,21,22). The van der Waals surface area contributed by atoms with Gasteiger partial charge in [-0.2, -0.15) is 11.3 Å². The summed E-state index contributed by atoms with van der Waals surface area (Å²) in [6.45, 7) is 1.25. The summed E-state index contributed by atoms with van der Waals surface area (Å²) in [4.78, 5) is 31.1. The van der Waals surface area contributed by atoms with E-state index in [2.05, 4.69) is 15.0 Å². The van der Waals surface area contributed by atoms with Crippen LogP contribution in [0.25, 0.3) is 22.4 Å². The van der Waals surface area contributed by atoms with Crippen molar-refractivity contribution >= 4 is 30.1 Å². The minimum Gasteiger partial charge on any atom is -0.391 e. The van der Waals surface area contributed by atoms with Gasteiger partial charge in [-0.05, 0) is 17.9 Å². The Kier molecular flexibility index (Phi) is 5.01. The lowest BCUT2D eigenvalue weighted by atomic mass is 10.1. The van der Waals surface area contributed by atoms with E-state index in [-0.39, 0.29) is 6.42 Å². The van der Waals surface area contributed by atoms with Crippen LogP contribution in [0.15, 0.2) is 29.5 Å². The highest BCUT2D eigenvalue weighted by molar-refractivity contribution is 7.51. The first-order valence-corrected chi connectivity index (χ1v) is 10.1. The van der Waals surface area contributed by atoms with Crippen LogP contribution >= 0.6 is 18.9 Å². The van der Waals surface area contributed by atoms with Crippen molar-refractivity contribution in [2.45, 2.75) is 19.1 Å². The van der Waals surface area contributed by atoms with Crippen molar-refractivity contribution in [2.75, 3.05) is 13.0 Å². The minimum atomic E-state index is -4.40. The van der Waals surface area contributed by atoms with Crippen LogP contribution < -0.4 is 0 Å². The Bertz CT molecular complexity index is 903. The van der Waals surface area contributed by atoms with E-state index in [0.29, 0.717) is 16.9 Å². The Morgan fingerprint density at radius 2 is 2.16 bits per heavy atom. The molecule has 1 unspecified atom stereocenters. The van der Waals surface area contributed by atoms with Crippen molar-refractivity contribution in [3.05, 3.63) is 29.5 Å². The van der Waals surface area contributed by atoms with E-state index in [1.165, 1.54) is 28.6 Å². The fourth-order valence-corrected chi connectivity index (χ4v) is 3.57. The van der Waals surface area contributed by atoms with Gasteiger partial charge in [-0.15, -0.1) is 0 Å². The molecule has 0 aliphatic rings. The third-order valence-electron chi connectivity index (χ3n) is 3.87. The molecule has 0 aliphatic heterocycles. The van der Waals surface area contributed by atoms with Crippen LogP contribution in [-0.2, 0) is 15.0 Å². The van der Waals surface area contributed by atoms with Gasteiger partial charge >= 0.3 is 7.60 Å².